The average Bonchev–Trinajstić information content (AvgIpc) is 2.79. The molecule has 1 atom stereocenters. The lowest BCUT2D eigenvalue weighted by Gasteiger charge is -2.30. The van der Waals surface area contributed by atoms with Crippen LogP contribution in [0, 0.1) is 5.92 Å². The summed E-state index contributed by atoms with van der Waals surface area (Å²) in [4.78, 5) is 14.0. The molecule has 4 nitrogen and oxygen atoms in total. The molecule has 2 aliphatic rings. The van der Waals surface area contributed by atoms with Crippen molar-refractivity contribution in [3.05, 3.63) is 29.8 Å². The van der Waals surface area contributed by atoms with E-state index in [1.807, 2.05) is 23.1 Å². The first kappa shape index (κ1) is 13.4. The Morgan fingerprint density at radius 2 is 2.25 bits per heavy atom. The number of nitrogens with one attached hydrogen (secondary N) is 1. The van der Waals surface area contributed by atoms with Gasteiger partial charge >= 0.3 is 0 Å². The minimum atomic E-state index is -0.00215. The fraction of sp³-hybridized carbons (Fsp3) is 0.562. The highest BCUT2D eigenvalue weighted by atomic mass is 16.5. The lowest BCUT2D eigenvalue weighted by atomic mass is 9.83. The van der Waals surface area contributed by atoms with Gasteiger partial charge in [0.15, 0.2) is 0 Å². The van der Waals surface area contributed by atoms with Crippen LogP contribution in [0.2, 0.25) is 0 Å². The fourth-order valence-corrected chi connectivity index (χ4v) is 3.01. The Bertz CT molecular complexity index is 485. The highest BCUT2D eigenvalue weighted by Crippen LogP contribution is 2.31. The Balaban J connectivity index is 1.70. The summed E-state index contributed by atoms with van der Waals surface area (Å²) in [6.07, 6.45) is 5.15. The molecular weight excluding hydrogens is 252 g/mol. The number of carbonyl (C=O) groups is 1. The quantitative estimate of drug-likeness (QED) is 0.896. The molecule has 0 aromatic heterocycles. The molecule has 0 radical (unpaired) electrons. The van der Waals surface area contributed by atoms with Crippen LogP contribution in [0.15, 0.2) is 24.3 Å². The van der Waals surface area contributed by atoms with Gasteiger partial charge in [0.05, 0.1) is 13.7 Å². The largest absolute Gasteiger partial charge is 0.497 e. The van der Waals surface area contributed by atoms with Crippen LogP contribution in [0.4, 0.5) is 0 Å². The standard InChI is InChI=1S/C16H22N2O2/c1-20-14-7-3-6-13(10-14)16-17-11-15(19)18(16)9-8-12-4-2-5-12/h3,6-7,10,12,16-17H,2,4-5,8-9,11H2,1H3. The zero-order valence-electron chi connectivity index (χ0n) is 12.0. The molecule has 0 bridgehead atoms. The van der Waals surface area contributed by atoms with Crippen molar-refractivity contribution >= 4 is 5.91 Å². The molecular formula is C16H22N2O2. The van der Waals surface area contributed by atoms with Crippen molar-refractivity contribution in [2.45, 2.75) is 31.8 Å². The normalized spacial score (nSPS) is 22.9. The van der Waals surface area contributed by atoms with Gasteiger partial charge in [-0.1, -0.05) is 31.4 Å². The zero-order valence-corrected chi connectivity index (χ0v) is 12.0. The van der Waals surface area contributed by atoms with Crippen LogP contribution in [0.1, 0.15) is 37.4 Å². The number of methoxy groups -OCH3 is 1. The Hall–Kier alpha value is -1.55. The summed E-state index contributed by atoms with van der Waals surface area (Å²) in [7, 11) is 1.67. The minimum Gasteiger partial charge on any atom is -0.497 e. The average molecular weight is 274 g/mol. The van der Waals surface area contributed by atoms with Crippen LogP contribution in [-0.2, 0) is 4.79 Å². The van der Waals surface area contributed by atoms with Crippen molar-refractivity contribution in [3.63, 3.8) is 0 Å². The topological polar surface area (TPSA) is 41.6 Å². The smallest absolute Gasteiger partial charge is 0.238 e. The monoisotopic (exact) mass is 274 g/mol. The van der Waals surface area contributed by atoms with Gasteiger partial charge in [-0.2, -0.15) is 0 Å². The van der Waals surface area contributed by atoms with Crippen molar-refractivity contribution in [2.75, 3.05) is 20.2 Å². The van der Waals surface area contributed by atoms with Gasteiger partial charge in [-0.05, 0) is 30.0 Å². The van der Waals surface area contributed by atoms with Gasteiger partial charge in [-0.25, -0.2) is 0 Å². The number of carbonyl (C=O) groups excluding carboxylic acids is 1. The van der Waals surface area contributed by atoms with Crippen LogP contribution in [-0.4, -0.2) is 31.0 Å². The lowest BCUT2D eigenvalue weighted by molar-refractivity contribution is -0.128. The van der Waals surface area contributed by atoms with Crippen molar-refractivity contribution in [3.8, 4) is 5.75 Å². The Morgan fingerprint density at radius 1 is 1.40 bits per heavy atom. The molecule has 108 valence electrons. The number of ether oxygens (including phenoxy) is 1. The minimum absolute atomic E-state index is 0.00215. The second kappa shape index (κ2) is 5.83. The van der Waals surface area contributed by atoms with Gasteiger partial charge in [0.2, 0.25) is 5.91 Å². The summed E-state index contributed by atoms with van der Waals surface area (Å²) in [5.74, 6) is 1.87. The van der Waals surface area contributed by atoms with Gasteiger partial charge < -0.3 is 9.64 Å². The summed E-state index contributed by atoms with van der Waals surface area (Å²) >= 11 is 0. The van der Waals surface area contributed by atoms with Crippen LogP contribution in [0.25, 0.3) is 0 Å². The third-order valence-corrected chi connectivity index (χ3v) is 4.49. The lowest BCUT2D eigenvalue weighted by Crippen LogP contribution is -2.33. The van der Waals surface area contributed by atoms with Gasteiger partial charge in [-0.3, -0.25) is 10.1 Å². The van der Waals surface area contributed by atoms with Gasteiger partial charge in [-0.15, -0.1) is 0 Å². The van der Waals surface area contributed by atoms with E-state index in [9.17, 15) is 4.79 Å². The van der Waals surface area contributed by atoms with E-state index < -0.39 is 0 Å². The van der Waals surface area contributed by atoms with E-state index in [0.717, 1.165) is 30.2 Å². The maximum atomic E-state index is 12.1. The summed E-state index contributed by atoms with van der Waals surface area (Å²) < 4.78 is 5.27. The highest BCUT2D eigenvalue weighted by Gasteiger charge is 2.32. The maximum Gasteiger partial charge on any atom is 0.238 e. The van der Waals surface area contributed by atoms with Gasteiger partial charge in [0.1, 0.15) is 11.9 Å². The van der Waals surface area contributed by atoms with Gasteiger partial charge in [0, 0.05) is 6.54 Å². The van der Waals surface area contributed by atoms with Crippen molar-refractivity contribution in [1.29, 1.82) is 0 Å². The van der Waals surface area contributed by atoms with Crippen LogP contribution >= 0.6 is 0 Å². The molecule has 1 unspecified atom stereocenters. The summed E-state index contributed by atoms with van der Waals surface area (Å²) in [6, 6.07) is 7.96. The van der Waals surface area contributed by atoms with E-state index in [0.29, 0.717) is 6.54 Å². The summed E-state index contributed by atoms with van der Waals surface area (Å²) in [5.41, 5.74) is 1.10. The molecule has 0 spiro atoms. The number of hydrogen-bond acceptors (Lipinski definition) is 3. The van der Waals surface area contributed by atoms with Crippen LogP contribution < -0.4 is 10.1 Å². The molecule has 20 heavy (non-hydrogen) atoms. The number of nitrogens with zero attached hydrogens (tertiary/aromatic N) is 1. The van der Waals surface area contributed by atoms with Crippen molar-refractivity contribution in [1.82, 2.24) is 10.2 Å². The van der Waals surface area contributed by atoms with Crippen LogP contribution in [0.3, 0.4) is 0 Å². The molecule has 1 N–H and O–H groups in total. The Kier molecular flexibility index (Phi) is 3.92. The molecule has 1 saturated carbocycles. The zero-order chi connectivity index (χ0) is 13.9. The van der Waals surface area contributed by atoms with E-state index in [4.69, 9.17) is 4.74 Å². The highest BCUT2D eigenvalue weighted by molar-refractivity contribution is 5.81. The molecule has 3 rings (SSSR count). The second-order valence-corrected chi connectivity index (χ2v) is 5.73. The van der Waals surface area contributed by atoms with E-state index in [1.54, 1.807) is 7.11 Å². The maximum absolute atomic E-state index is 12.1. The van der Waals surface area contributed by atoms with E-state index >= 15 is 0 Å². The van der Waals surface area contributed by atoms with E-state index in [2.05, 4.69) is 11.4 Å². The van der Waals surface area contributed by atoms with E-state index in [-0.39, 0.29) is 12.1 Å². The molecule has 1 heterocycles. The van der Waals surface area contributed by atoms with Crippen LogP contribution in [0.5, 0.6) is 5.75 Å². The number of benzene rings is 1. The first-order valence-corrected chi connectivity index (χ1v) is 7.45. The fourth-order valence-electron chi connectivity index (χ4n) is 3.01. The number of rotatable bonds is 5. The number of hydrogen-bond donors (Lipinski definition) is 1. The molecule has 1 aromatic rings. The summed E-state index contributed by atoms with van der Waals surface area (Å²) in [6.45, 7) is 1.30. The Labute approximate surface area is 120 Å². The molecule has 4 heteroatoms. The Morgan fingerprint density at radius 3 is 2.95 bits per heavy atom. The first-order valence-electron chi connectivity index (χ1n) is 7.45. The van der Waals surface area contributed by atoms with Crippen molar-refractivity contribution < 1.29 is 9.53 Å². The SMILES string of the molecule is COc1cccc(C2NCC(=O)N2CCC2CCC2)c1. The third-order valence-electron chi connectivity index (χ3n) is 4.49. The second-order valence-electron chi connectivity index (χ2n) is 5.73. The molecule has 1 saturated heterocycles. The summed E-state index contributed by atoms with van der Waals surface area (Å²) in [5, 5.41) is 3.30. The van der Waals surface area contributed by atoms with Crippen molar-refractivity contribution in [2.24, 2.45) is 5.92 Å². The predicted octanol–water partition coefficient (Wildman–Crippen LogP) is 2.32. The molecule has 1 aliphatic heterocycles. The van der Waals surface area contributed by atoms with E-state index in [1.165, 1.54) is 19.3 Å². The first-order chi connectivity index (χ1) is 9.78. The third kappa shape index (κ3) is 2.66. The molecule has 2 fully saturated rings. The number of amides is 1. The van der Waals surface area contributed by atoms with Gasteiger partial charge in [0.25, 0.3) is 0 Å². The predicted molar refractivity (Wildman–Crippen MR) is 77.4 cm³/mol. The molecule has 1 amide bonds. The molecule has 1 aromatic carbocycles. The molecule has 1 aliphatic carbocycles.